The lowest BCUT2D eigenvalue weighted by molar-refractivity contribution is -0.335. The molecular weight excluding hydrogens is 636 g/mol. The van der Waals surface area contributed by atoms with Crippen LogP contribution < -0.4 is 0 Å². The van der Waals surface area contributed by atoms with Crippen LogP contribution in [-0.2, 0) is 42.7 Å². The molecule has 6 aliphatic rings. The number of rotatable bonds is 9. The first-order chi connectivity index (χ1) is 23.0. The van der Waals surface area contributed by atoms with E-state index in [1.807, 2.05) is 20.8 Å². The molecule has 12 nitrogen and oxygen atoms in total. The molecule has 0 aliphatic carbocycles. The molecule has 6 saturated heterocycles. The normalized spacial score (nSPS) is 50.4. The number of carbonyl (C=O) groups is 2. The monoisotopic (exact) mass is 696 g/mol. The van der Waals surface area contributed by atoms with Gasteiger partial charge in [-0.1, -0.05) is 41.5 Å². The molecule has 0 aromatic heterocycles. The highest BCUT2D eigenvalue weighted by molar-refractivity contribution is 5.70. The number of ether oxygens (including phenoxy) is 8. The molecule has 2 N–H and O–H groups in total. The lowest BCUT2D eigenvalue weighted by atomic mass is 9.78. The predicted molar refractivity (Wildman–Crippen MR) is 175 cm³/mol. The van der Waals surface area contributed by atoms with E-state index in [2.05, 4.69) is 27.7 Å². The second kappa shape index (κ2) is 13.5. The maximum Gasteiger partial charge on any atom is 0.511 e. The fourth-order valence-corrected chi connectivity index (χ4v) is 10.4. The van der Waals surface area contributed by atoms with Crippen LogP contribution in [0.5, 0.6) is 0 Å². The molecule has 2 spiro atoms. The van der Waals surface area contributed by atoms with Gasteiger partial charge in [-0.25, -0.2) is 4.79 Å². The minimum atomic E-state index is -1.07. The summed E-state index contributed by atoms with van der Waals surface area (Å²) in [6.07, 6.45) is 2.62. The Kier molecular flexibility index (Phi) is 10.2. The third-order valence-electron chi connectivity index (χ3n) is 13.4. The number of hydrogen-bond donors (Lipinski definition) is 2. The van der Waals surface area contributed by atoms with Gasteiger partial charge in [0.2, 0.25) is 0 Å². The number of carboxylic acid groups (broad SMARTS) is 1. The molecule has 6 heterocycles. The number of cyclic esters (lactones) is 1. The van der Waals surface area contributed by atoms with E-state index in [1.165, 1.54) is 7.11 Å². The highest BCUT2D eigenvalue weighted by Crippen LogP contribution is 2.55. The molecule has 0 unspecified atom stereocenters. The van der Waals surface area contributed by atoms with Crippen LogP contribution in [0.1, 0.15) is 107 Å². The van der Waals surface area contributed by atoms with E-state index >= 15 is 0 Å². The van der Waals surface area contributed by atoms with Gasteiger partial charge in [-0.3, -0.25) is 4.79 Å². The van der Waals surface area contributed by atoms with E-state index in [1.54, 1.807) is 6.92 Å². The number of carboxylic acids is 1. The Morgan fingerprint density at radius 2 is 1.78 bits per heavy atom. The summed E-state index contributed by atoms with van der Waals surface area (Å²) in [4.78, 5) is 23.8. The average Bonchev–Trinajstić information content (AvgIpc) is 3.83. The second-order valence-electron chi connectivity index (χ2n) is 16.7. The number of aliphatic hydroxyl groups is 1. The number of aliphatic carboxylic acids is 1. The van der Waals surface area contributed by atoms with Gasteiger partial charge in [0.05, 0.1) is 59.8 Å². The Bertz CT molecular complexity index is 1230. The van der Waals surface area contributed by atoms with Gasteiger partial charge in [0.15, 0.2) is 12.4 Å². The zero-order valence-corrected chi connectivity index (χ0v) is 30.8. The first-order valence-electron chi connectivity index (χ1n) is 18.7. The summed E-state index contributed by atoms with van der Waals surface area (Å²) in [6, 6.07) is 0. The SMILES string of the molecule is CC[C@@]1([C@@H]2O[C@@H]([C@H]3O[C@@]4(COC(=O)O4)[C@H](C)C[C@@H]3C)C[C@@H]2C)CC[C@H]([C@]2(C)CC[C@]3(C[C@H](O)[C@@H](C)[C@@H]([C@@H](C)[C@@H](OC)[C@@H](C)C(=O)O)O3)O2)O1. The largest absolute Gasteiger partial charge is 0.511 e. The third-order valence-corrected chi connectivity index (χ3v) is 13.4. The van der Waals surface area contributed by atoms with Crippen molar-refractivity contribution in [2.45, 2.75) is 172 Å². The molecule has 12 heteroatoms. The van der Waals surface area contributed by atoms with Crippen LogP contribution in [0, 0.1) is 35.5 Å². The number of methoxy groups -OCH3 is 1. The average molecular weight is 697 g/mol. The highest BCUT2D eigenvalue weighted by Gasteiger charge is 2.63. The molecule has 280 valence electrons. The Labute approximate surface area is 291 Å². The van der Waals surface area contributed by atoms with Crippen molar-refractivity contribution in [3.8, 4) is 0 Å². The molecule has 49 heavy (non-hydrogen) atoms. The maximum atomic E-state index is 11.9. The fraction of sp³-hybridized carbons (Fsp3) is 0.946. The van der Waals surface area contributed by atoms with Crippen molar-refractivity contribution in [3.05, 3.63) is 0 Å². The molecule has 0 bridgehead atoms. The zero-order chi connectivity index (χ0) is 35.7. The Balaban J connectivity index is 1.14. The predicted octanol–water partition coefficient (Wildman–Crippen LogP) is 5.46. The summed E-state index contributed by atoms with van der Waals surface area (Å²) in [5.41, 5.74) is -1.14. The smallest absolute Gasteiger partial charge is 0.481 e. The fourth-order valence-electron chi connectivity index (χ4n) is 10.4. The first kappa shape index (κ1) is 37.2. The molecular formula is C37H60O12. The molecule has 6 rings (SSSR count). The maximum absolute atomic E-state index is 11.9. The first-order valence-corrected chi connectivity index (χ1v) is 18.7. The van der Waals surface area contributed by atoms with Gasteiger partial charge < -0.3 is 48.1 Å². The van der Waals surface area contributed by atoms with Crippen LogP contribution in [0.4, 0.5) is 4.79 Å². The van der Waals surface area contributed by atoms with Crippen LogP contribution in [0.2, 0.25) is 0 Å². The highest BCUT2D eigenvalue weighted by atomic mass is 16.9. The van der Waals surface area contributed by atoms with Crippen molar-refractivity contribution in [2.75, 3.05) is 13.7 Å². The Morgan fingerprint density at radius 3 is 2.41 bits per heavy atom. The summed E-state index contributed by atoms with van der Waals surface area (Å²) >= 11 is 0. The topological polar surface area (TPSA) is 148 Å². The number of carbonyl (C=O) groups excluding carboxylic acids is 1. The van der Waals surface area contributed by atoms with E-state index in [9.17, 15) is 19.8 Å². The molecule has 0 radical (unpaired) electrons. The van der Waals surface area contributed by atoms with Crippen molar-refractivity contribution in [1.82, 2.24) is 0 Å². The standard InChI is InChI=1S/C37H60O12/c1-10-35(31-20(3)16-26(44-31)28-19(2)15-21(4)37(47-28)18-43-33(41)48-37)12-11-27(45-35)34(8)13-14-36(49-34)17-25(38)22(5)30(46-36)23(6)29(42-9)24(7)32(39)40/h19-31,38H,10-18H2,1-9H3,(H,39,40)/t19-,20-,21+,22+,23-,24+,25-,26+,27+,28-,29+,30-,31+,34-,35-,36+,37+/m0/s1. The van der Waals surface area contributed by atoms with Crippen molar-refractivity contribution < 1.29 is 57.7 Å². The molecule has 0 saturated carbocycles. The summed E-state index contributed by atoms with van der Waals surface area (Å²) in [7, 11) is 1.53. The van der Waals surface area contributed by atoms with Crippen molar-refractivity contribution in [3.63, 3.8) is 0 Å². The van der Waals surface area contributed by atoms with Gasteiger partial charge in [0.1, 0.15) is 0 Å². The van der Waals surface area contributed by atoms with Gasteiger partial charge in [0.25, 0.3) is 5.79 Å². The van der Waals surface area contributed by atoms with E-state index in [0.717, 1.165) is 32.1 Å². The van der Waals surface area contributed by atoms with Gasteiger partial charge in [-0.2, -0.15) is 0 Å². The van der Waals surface area contributed by atoms with Gasteiger partial charge in [-0.15, -0.1) is 0 Å². The van der Waals surface area contributed by atoms with Crippen molar-refractivity contribution in [2.24, 2.45) is 35.5 Å². The second-order valence-corrected chi connectivity index (χ2v) is 16.7. The minimum Gasteiger partial charge on any atom is -0.481 e. The van der Waals surface area contributed by atoms with E-state index in [4.69, 9.17) is 37.9 Å². The van der Waals surface area contributed by atoms with E-state index < -0.39 is 59.1 Å². The van der Waals surface area contributed by atoms with Crippen LogP contribution >= 0.6 is 0 Å². The number of aliphatic hydroxyl groups excluding tert-OH is 1. The van der Waals surface area contributed by atoms with Crippen molar-refractivity contribution >= 4 is 12.1 Å². The van der Waals surface area contributed by atoms with Crippen LogP contribution in [-0.4, -0.2) is 102 Å². The van der Waals surface area contributed by atoms with Crippen LogP contribution in [0.25, 0.3) is 0 Å². The van der Waals surface area contributed by atoms with Gasteiger partial charge in [-0.05, 0) is 64.2 Å². The molecule has 0 aromatic carbocycles. The van der Waals surface area contributed by atoms with E-state index in [0.29, 0.717) is 19.3 Å². The molecule has 6 aliphatic heterocycles. The summed E-state index contributed by atoms with van der Waals surface area (Å²) in [5, 5.41) is 21.0. The molecule has 0 aromatic rings. The summed E-state index contributed by atoms with van der Waals surface area (Å²) in [6.45, 7) is 16.3. The van der Waals surface area contributed by atoms with Crippen LogP contribution in [0.3, 0.4) is 0 Å². The van der Waals surface area contributed by atoms with Gasteiger partial charge >= 0.3 is 12.1 Å². The molecule has 17 atom stereocenters. The minimum absolute atomic E-state index is 0.0156. The third kappa shape index (κ3) is 6.44. The molecule has 0 amide bonds. The summed E-state index contributed by atoms with van der Waals surface area (Å²) < 4.78 is 50.8. The lowest BCUT2D eigenvalue weighted by Gasteiger charge is -2.48. The van der Waals surface area contributed by atoms with Crippen LogP contribution in [0.15, 0.2) is 0 Å². The van der Waals surface area contributed by atoms with Gasteiger partial charge in [0, 0.05) is 37.7 Å². The Hall–Kier alpha value is -1.54. The number of hydrogen-bond acceptors (Lipinski definition) is 11. The van der Waals surface area contributed by atoms with E-state index in [-0.39, 0.29) is 60.6 Å². The quantitative estimate of drug-likeness (QED) is 0.295. The zero-order valence-electron chi connectivity index (χ0n) is 30.8. The Morgan fingerprint density at radius 1 is 1.04 bits per heavy atom. The van der Waals surface area contributed by atoms with Crippen molar-refractivity contribution in [1.29, 1.82) is 0 Å². The lowest BCUT2D eigenvalue weighted by Crippen LogP contribution is -2.57. The molecule has 6 fully saturated rings. The summed E-state index contributed by atoms with van der Waals surface area (Å²) in [5.74, 6) is -3.78.